The molecule has 0 bridgehead atoms. The third-order valence-electron chi connectivity index (χ3n) is 2.83. The van der Waals surface area contributed by atoms with Gasteiger partial charge in [0.1, 0.15) is 5.69 Å². The Bertz CT molecular complexity index is 706. The van der Waals surface area contributed by atoms with Crippen molar-refractivity contribution < 1.29 is 0 Å². The number of rotatable bonds is 2. The molecule has 0 radical (unpaired) electrons. The molecule has 2 heterocycles. The van der Waals surface area contributed by atoms with Gasteiger partial charge in [-0.3, -0.25) is 5.10 Å². The summed E-state index contributed by atoms with van der Waals surface area (Å²) in [5.74, 6) is 0.656. The molecule has 0 fully saturated rings. The van der Waals surface area contributed by atoms with Crippen LogP contribution in [0.15, 0.2) is 42.7 Å². The monoisotopic (exact) mass is 270 g/mol. The molecule has 4 nitrogen and oxygen atoms in total. The van der Waals surface area contributed by atoms with Crippen LogP contribution in [0.3, 0.4) is 0 Å². The molecule has 0 saturated carbocycles. The summed E-state index contributed by atoms with van der Waals surface area (Å²) in [6, 6.07) is 9.37. The van der Waals surface area contributed by atoms with E-state index in [1.54, 1.807) is 18.5 Å². The van der Waals surface area contributed by atoms with Gasteiger partial charge in [-0.25, -0.2) is 9.97 Å². The van der Waals surface area contributed by atoms with Crippen molar-refractivity contribution in [3.63, 3.8) is 0 Å². The molecule has 0 aliphatic heterocycles. The molecule has 3 rings (SSSR count). The molecule has 0 aliphatic carbocycles. The Morgan fingerprint density at radius 1 is 1.11 bits per heavy atom. The first kappa shape index (κ1) is 11.9. The predicted molar refractivity (Wildman–Crippen MR) is 74.8 cm³/mol. The fourth-order valence-electron chi connectivity index (χ4n) is 1.98. The second-order valence-corrected chi connectivity index (χ2v) is 4.59. The summed E-state index contributed by atoms with van der Waals surface area (Å²) in [5, 5.41) is 8.00. The third kappa shape index (κ3) is 2.22. The SMILES string of the molecule is Cc1[nH]nc(-c2cccc(Cl)c2)c1-c1ncccn1. The Morgan fingerprint density at radius 2 is 1.89 bits per heavy atom. The van der Waals surface area contributed by atoms with Gasteiger partial charge in [-0.05, 0) is 25.1 Å². The van der Waals surface area contributed by atoms with Gasteiger partial charge in [-0.2, -0.15) is 5.10 Å². The van der Waals surface area contributed by atoms with Crippen LogP contribution >= 0.6 is 11.6 Å². The quantitative estimate of drug-likeness (QED) is 0.775. The van der Waals surface area contributed by atoms with Crippen molar-refractivity contribution >= 4 is 11.6 Å². The number of hydrogen-bond acceptors (Lipinski definition) is 3. The Labute approximate surface area is 115 Å². The molecule has 5 heteroatoms. The van der Waals surface area contributed by atoms with E-state index in [9.17, 15) is 0 Å². The maximum Gasteiger partial charge on any atom is 0.163 e. The van der Waals surface area contributed by atoms with E-state index < -0.39 is 0 Å². The minimum absolute atomic E-state index is 0.656. The molecule has 0 saturated heterocycles. The summed E-state index contributed by atoms with van der Waals surface area (Å²) in [7, 11) is 0. The predicted octanol–water partition coefficient (Wildman–Crippen LogP) is 3.50. The summed E-state index contributed by atoms with van der Waals surface area (Å²) >= 11 is 6.03. The molecule has 0 unspecified atom stereocenters. The zero-order chi connectivity index (χ0) is 13.2. The van der Waals surface area contributed by atoms with E-state index in [0.29, 0.717) is 10.8 Å². The smallest absolute Gasteiger partial charge is 0.163 e. The standard InChI is InChI=1S/C14H11ClN4/c1-9-12(14-16-6-3-7-17-14)13(19-18-9)10-4-2-5-11(15)8-10/h2-8H,1H3,(H,18,19). The first-order valence-electron chi connectivity index (χ1n) is 5.84. The Morgan fingerprint density at radius 3 is 2.63 bits per heavy atom. The average molecular weight is 271 g/mol. The van der Waals surface area contributed by atoms with Crippen molar-refractivity contribution in [3.8, 4) is 22.6 Å². The first-order chi connectivity index (χ1) is 9.25. The summed E-state index contributed by atoms with van der Waals surface area (Å²) in [6.45, 7) is 1.95. The zero-order valence-electron chi connectivity index (χ0n) is 10.3. The molecular weight excluding hydrogens is 260 g/mol. The summed E-state index contributed by atoms with van der Waals surface area (Å²) in [5.41, 5.74) is 3.59. The molecule has 0 aliphatic rings. The van der Waals surface area contributed by atoms with E-state index in [2.05, 4.69) is 20.2 Å². The molecule has 2 aromatic heterocycles. The van der Waals surface area contributed by atoms with Crippen LogP contribution in [0.25, 0.3) is 22.6 Å². The van der Waals surface area contributed by atoms with Crippen molar-refractivity contribution in [2.45, 2.75) is 6.92 Å². The lowest BCUT2D eigenvalue weighted by Gasteiger charge is -2.03. The highest BCUT2D eigenvalue weighted by Crippen LogP contribution is 2.31. The lowest BCUT2D eigenvalue weighted by Crippen LogP contribution is -1.90. The second kappa shape index (κ2) is 4.82. The number of aryl methyl sites for hydroxylation is 1. The minimum Gasteiger partial charge on any atom is -0.281 e. The lowest BCUT2D eigenvalue weighted by molar-refractivity contribution is 1.05. The number of benzene rings is 1. The Balaban J connectivity index is 2.19. The van der Waals surface area contributed by atoms with Gasteiger partial charge in [0.15, 0.2) is 5.82 Å². The molecule has 19 heavy (non-hydrogen) atoms. The van der Waals surface area contributed by atoms with Gasteiger partial charge in [0, 0.05) is 28.7 Å². The number of hydrogen-bond donors (Lipinski definition) is 1. The van der Waals surface area contributed by atoms with Crippen molar-refractivity contribution in [1.29, 1.82) is 0 Å². The van der Waals surface area contributed by atoms with Crippen LogP contribution in [-0.2, 0) is 0 Å². The largest absolute Gasteiger partial charge is 0.281 e. The molecule has 1 N–H and O–H groups in total. The normalized spacial score (nSPS) is 10.6. The average Bonchev–Trinajstić information content (AvgIpc) is 2.82. The number of H-pyrrole nitrogens is 1. The van der Waals surface area contributed by atoms with Gasteiger partial charge >= 0.3 is 0 Å². The molecule has 3 aromatic rings. The van der Waals surface area contributed by atoms with Crippen LogP contribution in [0.1, 0.15) is 5.69 Å². The van der Waals surface area contributed by atoms with Crippen LogP contribution in [0.4, 0.5) is 0 Å². The third-order valence-corrected chi connectivity index (χ3v) is 3.07. The van der Waals surface area contributed by atoms with Crippen molar-refractivity contribution in [1.82, 2.24) is 20.2 Å². The van der Waals surface area contributed by atoms with Crippen LogP contribution < -0.4 is 0 Å². The van der Waals surface area contributed by atoms with Crippen LogP contribution in [0.5, 0.6) is 0 Å². The summed E-state index contributed by atoms with van der Waals surface area (Å²) < 4.78 is 0. The van der Waals surface area contributed by atoms with Crippen molar-refractivity contribution in [2.24, 2.45) is 0 Å². The molecule has 1 aromatic carbocycles. The van der Waals surface area contributed by atoms with Crippen molar-refractivity contribution in [2.75, 3.05) is 0 Å². The second-order valence-electron chi connectivity index (χ2n) is 4.15. The van der Waals surface area contributed by atoms with Gasteiger partial charge in [0.25, 0.3) is 0 Å². The minimum atomic E-state index is 0.656. The number of nitrogens with zero attached hydrogens (tertiary/aromatic N) is 3. The van der Waals surface area contributed by atoms with Crippen LogP contribution in [-0.4, -0.2) is 20.2 Å². The lowest BCUT2D eigenvalue weighted by atomic mass is 10.1. The number of aromatic amines is 1. The molecule has 0 amide bonds. The van der Waals surface area contributed by atoms with Gasteiger partial charge in [0.05, 0.1) is 5.56 Å². The van der Waals surface area contributed by atoms with Crippen molar-refractivity contribution in [3.05, 3.63) is 53.4 Å². The highest BCUT2D eigenvalue weighted by atomic mass is 35.5. The molecule has 0 spiro atoms. The van der Waals surface area contributed by atoms with Gasteiger partial charge in [-0.1, -0.05) is 23.7 Å². The van der Waals surface area contributed by atoms with E-state index >= 15 is 0 Å². The fourth-order valence-corrected chi connectivity index (χ4v) is 2.17. The van der Waals surface area contributed by atoms with E-state index in [0.717, 1.165) is 22.5 Å². The van der Waals surface area contributed by atoms with E-state index in [1.807, 2.05) is 31.2 Å². The highest BCUT2D eigenvalue weighted by molar-refractivity contribution is 6.30. The number of nitrogens with one attached hydrogen (secondary N) is 1. The van der Waals surface area contributed by atoms with E-state index in [4.69, 9.17) is 11.6 Å². The zero-order valence-corrected chi connectivity index (χ0v) is 11.0. The fraction of sp³-hybridized carbons (Fsp3) is 0.0714. The maximum absolute atomic E-state index is 6.03. The molecule has 94 valence electrons. The Hall–Kier alpha value is -2.20. The van der Waals surface area contributed by atoms with Gasteiger partial charge in [-0.15, -0.1) is 0 Å². The molecule has 0 atom stereocenters. The highest BCUT2D eigenvalue weighted by Gasteiger charge is 2.16. The van der Waals surface area contributed by atoms with Crippen LogP contribution in [0.2, 0.25) is 5.02 Å². The number of aromatic nitrogens is 4. The molecular formula is C14H11ClN4. The van der Waals surface area contributed by atoms with Crippen LogP contribution in [0, 0.1) is 6.92 Å². The number of halogens is 1. The topological polar surface area (TPSA) is 54.5 Å². The van der Waals surface area contributed by atoms with E-state index in [1.165, 1.54) is 0 Å². The van der Waals surface area contributed by atoms with Gasteiger partial charge < -0.3 is 0 Å². The maximum atomic E-state index is 6.03. The first-order valence-corrected chi connectivity index (χ1v) is 6.22. The Kier molecular flexibility index (Phi) is 3.01. The summed E-state index contributed by atoms with van der Waals surface area (Å²) in [6.07, 6.45) is 3.44. The van der Waals surface area contributed by atoms with Gasteiger partial charge in [0.2, 0.25) is 0 Å². The summed E-state index contributed by atoms with van der Waals surface area (Å²) in [4.78, 5) is 8.57. The van der Waals surface area contributed by atoms with E-state index in [-0.39, 0.29) is 0 Å².